The molecule has 1 aliphatic heterocycles. The summed E-state index contributed by atoms with van der Waals surface area (Å²) >= 11 is 2.93. The predicted octanol–water partition coefficient (Wildman–Crippen LogP) is 3.61. The number of carbonyl (C=O) groups excluding carboxylic acids is 1. The lowest BCUT2D eigenvalue weighted by molar-refractivity contribution is -0.125. The Kier molecular flexibility index (Phi) is 5.03. The van der Waals surface area contributed by atoms with Crippen LogP contribution in [0.4, 0.5) is 5.13 Å². The van der Waals surface area contributed by atoms with Crippen molar-refractivity contribution in [2.45, 2.75) is 16.2 Å². The molecule has 26 heavy (non-hydrogen) atoms. The van der Waals surface area contributed by atoms with E-state index in [4.69, 9.17) is 9.47 Å². The highest BCUT2D eigenvalue weighted by Gasteiger charge is 2.28. The summed E-state index contributed by atoms with van der Waals surface area (Å²) in [5.74, 6) is 1.72. The molecule has 0 radical (unpaired) electrons. The summed E-state index contributed by atoms with van der Waals surface area (Å²) < 4.78 is 12.1. The van der Waals surface area contributed by atoms with Gasteiger partial charge in [0.15, 0.2) is 15.8 Å². The van der Waals surface area contributed by atoms with E-state index in [1.807, 2.05) is 36.4 Å². The van der Waals surface area contributed by atoms with Crippen LogP contribution >= 0.6 is 23.1 Å². The summed E-state index contributed by atoms with van der Waals surface area (Å²) in [5.41, 5.74) is 1.21. The van der Waals surface area contributed by atoms with Crippen molar-refractivity contribution >= 4 is 34.1 Å². The van der Waals surface area contributed by atoms with E-state index in [1.165, 1.54) is 16.9 Å². The van der Waals surface area contributed by atoms with Crippen LogP contribution in [0.1, 0.15) is 5.56 Å². The average Bonchev–Trinajstić information content (AvgIpc) is 3.14. The molecule has 8 heteroatoms. The second kappa shape index (κ2) is 7.76. The average molecular weight is 385 g/mol. The van der Waals surface area contributed by atoms with Crippen molar-refractivity contribution in [2.24, 2.45) is 0 Å². The van der Waals surface area contributed by atoms with Gasteiger partial charge in [0, 0.05) is 5.75 Å². The number of nitrogens with one attached hydrogen (secondary N) is 1. The van der Waals surface area contributed by atoms with E-state index in [-0.39, 0.29) is 12.5 Å². The molecule has 1 amide bonds. The maximum atomic E-state index is 12.4. The lowest BCUT2D eigenvalue weighted by Crippen LogP contribution is -2.40. The highest BCUT2D eigenvalue weighted by Crippen LogP contribution is 2.32. The largest absolute Gasteiger partial charge is 0.485 e. The highest BCUT2D eigenvalue weighted by atomic mass is 32.2. The van der Waals surface area contributed by atoms with Crippen molar-refractivity contribution in [1.82, 2.24) is 10.2 Å². The molecular weight excluding hydrogens is 370 g/mol. The minimum Gasteiger partial charge on any atom is -0.485 e. The van der Waals surface area contributed by atoms with Gasteiger partial charge in [-0.15, -0.1) is 10.2 Å². The molecule has 3 aromatic rings. The van der Waals surface area contributed by atoms with Crippen LogP contribution in [-0.4, -0.2) is 28.8 Å². The van der Waals surface area contributed by atoms with E-state index in [1.54, 1.807) is 17.8 Å². The van der Waals surface area contributed by atoms with Crippen LogP contribution in [0.5, 0.6) is 11.5 Å². The number of para-hydroxylation sites is 2. The van der Waals surface area contributed by atoms with Crippen molar-refractivity contribution in [2.75, 3.05) is 11.9 Å². The monoisotopic (exact) mass is 385 g/mol. The molecule has 0 bridgehead atoms. The molecule has 4 rings (SSSR count). The highest BCUT2D eigenvalue weighted by molar-refractivity contribution is 8.00. The number of nitrogens with zero attached hydrogens (tertiary/aromatic N) is 2. The molecule has 0 saturated carbocycles. The Morgan fingerprint density at radius 2 is 1.88 bits per heavy atom. The first kappa shape index (κ1) is 16.9. The van der Waals surface area contributed by atoms with Gasteiger partial charge in [0.1, 0.15) is 6.61 Å². The molecule has 1 atom stereocenters. The number of thioether (sulfide) groups is 1. The van der Waals surface area contributed by atoms with Gasteiger partial charge in [-0.25, -0.2) is 0 Å². The van der Waals surface area contributed by atoms with Crippen LogP contribution in [0, 0.1) is 0 Å². The van der Waals surface area contributed by atoms with Gasteiger partial charge in [0.05, 0.1) is 0 Å². The predicted molar refractivity (Wildman–Crippen MR) is 101 cm³/mol. The molecule has 0 aliphatic carbocycles. The second-order valence-electron chi connectivity index (χ2n) is 5.50. The first-order valence-corrected chi connectivity index (χ1v) is 9.78. The number of benzene rings is 2. The van der Waals surface area contributed by atoms with Crippen LogP contribution in [0.3, 0.4) is 0 Å². The van der Waals surface area contributed by atoms with Gasteiger partial charge in [-0.1, -0.05) is 65.6 Å². The molecule has 1 N–H and O–H groups in total. The topological polar surface area (TPSA) is 73.3 Å². The van der Waals surface area contributed by atoms with Crippen molar-refractivity contribution in [1.29, 1.82) is 0 Å². The number of ether oxygens (including phenoxy) is 2. The number of aromatic nitrogens is 2. The zero-order valence-corrected chi connectivity index (χ0v) is 15.3. The standard InChI is InChI=1S/C18H15N3O3S2/c22-16(15-10-23-13-8-4-5-9-14(13)24-15)19-17-20-21-18(26-17)25-11-12-6-2-1-3-7-12/h1-9,15H,10-11H2,(H,19,20,22)/t15-/m1/s1. The van der Waals surface area contributed by atoms with E-state index in [0.717, 1.165) is 10.1 Å². The van der Waals surface area contributed by atoms with E-state index in [9.17, 15) is 4.79 Å². The molecule has 1 aliphatic rings. The number of hydrogen-bond acceptors (Lipinski definition) is 7. The molecule has 0 fully saturated rings. The van der Waals surface area contributed by atoms with Gasteiger partial charge in [-0.3, -0.25) is 10.1 Å². The SMILES string of the molecule is O=C(Nc1nnc(SCc2ccccc2)s1)[C@H]1COc2ccccc2O1. The number of anilines is 1. The number of fused-ring (bicyclic) bond motifs is 1. The van der Waals surface area contributed by atoms with Gasteiger partial charge < -0.3 is 9.47 Å². The maximum absolute atomic E-state index is 12.4. The van der Waals surface area contributed by atoms with Crippen LogP contribution in [0.15, 0.2) is 58.9 Å². The minimum absolute atomic E-state index is 0.164. The summed E-state index contributed by atoms with van der Waals surface area (Å²) in [5, 5.41) is 11.3. The van der Waals surface area contributed by atoms with Crippen molar-refractivity contribution < 1.29 is 14.3 Å². The number of hydrogen-bond donors (Lipinski definition) is 1. The molecule has 2 aromatic carbocycles. The number of amides is 1. The summed E-state index contributed by atoms with van der Waals surface area (Å²) in [7, 11) is 0. The summed E-state index contributed by atoms with van der Waals surface area (Å²) in [6, 6.07) is 17.4. The fourth-order valence-electron chi connectivity index (χ4n) is 2.37. The summed E-state index contributed by atoms with van der Waals surface area (Å²) in [4.78, 5) is 12.4. The Balaban J connectivity index is 1.33. The fourth-order valence-corrected chi connectivity index (χ4v) is 4.08. The molecule has 0 spiro atoms. The van der Waals surface area contributed by atoms with Crippen LogP contribution in [-0.2, 0) is 10.5 Å². The van der Waals surface area contributed by atoms with Gasteiger partial charge >= 0.3 is 0 Å². The lowest BCUT2D eigenvalue weighted by Gasteiger charge is -2.25. The molecule has 2 heterocycles. The van der Waals surface area contributed by atoms with E-state index >= 15 is 0 Å². The number of rotatable bonds is 5. The fraction of sp³-hybridized carbons (Fsp3) is 0.167. The van der Waals surface area contributed by atoms with Crippen molar-refractivity contribution in [3.05, 3.63) is 60.2 Å². The van der Waals surface area contributed by atoms with Gasteiger partial charge in [-0.05, 0) is 17.7 Å². The lowest BCUT2D eigenvalue weighted by atomic mass is 10.2. The third-order valence-corrected chi connectivity index (χ3v) is 5.69. The third kappa shape index (κ3) is 3.97. The first-order chi connectivity index (χ1) is 12.8. The van der Waals surface area contributed by atoms with Crippen LogP contribution in [0.25, 0.3) is 0 Å². The molecule has 0 unspecified atom stereocenters. The second-order valence-corrected chi connectivity index (χ2v) is 7.70. The van der Waals surface area contributed by atoms with Gasteiger partial charge in [0.25, 0.3) is 5.91 Å². The van der Waals surface area contributed by atoms with Crippen molar-refractivity contribution in [3.63, 3.8) is 0 Å². The smallest absolute Gasteiger partial charge is 0.270 e. The Morgan fingerprint density at radius 3 is 2.73 bits per heavy atom. The summed E-state index contributed by atoms with van der Waals surface area (Å²) in [6.07, 6.45) is -0.714. The third-order valence-electron chi connectivity index (χ3n) is 3.64. The molecule has 1 aromatic heterocycles. The van der Waals surface area contributed by atoms with E-state index in [0.29, 0.717) is 16.6 Å². The van der Waals surface area contributed by atoms with Crippen LogP contribution < -0.4 is 14.8 Å². The normalized spacial score (nSPS) is 15.5. The van der Waals surface area contributed by atoms with Gasteiger partial charge in [0.2, 0.25) is 11.2 Å². The maximum Gasteiger partial charge on any atom is 0.270 e. The number of carbonyl (C=O) groups is 1. The van der Waals surface area contributed by atoms with E-state index in [2.05, 4.69) is 27.6 Å². The first-order valence-electron chi connectivity index (χ1n) is 7.97. The quantitative estimate of drug-likeness (QED) is 0.534. The zero-order chi connectivity index (χ0) is 17.8. The Bertz CT molecular complexity index is 901. The molecule has 6 nitrogen and oxygen atoms in total. The van der Waals surface area contributed by atoms with Gasteiger partial charge in [-0.2, -0.15) is 0 Å². The molecular formula is C18H15N3O3S2. The Morgan fingerprint density at radius 1 is 1.12 bits per heavy atom. The minimum atomic E-state index is -0.714. The Labute approximate surface area is 158 Å². The summed E-state index contributed by atoms with van der Waals surface area (Å²) in [6.45, 7) is 0.164. The molecule has 0 saturated heterocycles. The van der Waals surface area contributed by atoms with Crippen molar-refractivity contribution in [3.8, 4) is 11.5 Å². The Hall–Kier alpha value is -2.58. The zero-order valence-electron chi connectivity index (χ0n) is 13.6. The molecule has 132 valence electrons. The van der Waals surface area contributed by atoms with E-state index < -0.39 is 6.10 Å². The van der Waals surface area contributed by atoms with Crippen LogP contribution in [0.2, 0.25) is 0 Å².